The van der Waals surface area contributed by atoms with Gasteiger partial charge in [-0.3, -0.25) is 0 Å². The summed E-state index contributed by atoms with van der Waals surface area (Å²) in [6.07, 6.45) is 42.7. The second-order valence-electron chi connectivity index (χ2n) is 19.7. The Morgan fingerprint density at radius 1 is 0.239 bits per heavy atom. The maximum Gasteiger partial charge on any atom is 0.195 e. The lowest BCUT2D eigenvalue weighted by molar-refractivity contribution is -0.773. The quantitative estimate of drug-likeness (QED) is 0.0648. The Labute approximate surface area is 549 Å². The van der Waals surface area contributed by atoms with Crippen molar-refractivity contribution in [1.82, 2.24) is 37.5 Å². The summed E-state index contributed by atoms with van der Waals surface area (Å²) in [5, 5.41) is 101. The standard InChI is InChI=1S/8C7H13N2.4CBNO2/c8*1-3-5-9-7-4-6-8(9)2;4*3-1-2(4)5/h8*4,6-7H,3,5H2,1-2H3;;;;/q8*+1;4*-2. The largest absolute Gasteiger partial charge is 0.881 e. The first-order chi connectivity index (χ1) is 43.8. The van der Waals surface area contributed by atoms with Gasteiger partial charge in [-0.1, -0.05) is 55.4 Å². The third-order valence-corrected chi connectivity index (χ3v) is 11.8. The van der Waals surface area contributed by atoms with Gasteiger partial charge in [-0.2, -0.15) is 37.5 Å². The van der Waals surface area contributed by atoms with Crippen LogP contribution in [0.1, 0.15) is 107 Å². The van der Waals surface area contributed by atoms with Crippen molar-refractivity contribution < 1.29 is 77.6 Å². The van der Waals surface area contributed by atoms with E-state index < -0.39 is 28.5 Å². The monoisotopic (exact) mass is 1280 g/mol. The Morgan fingerprint density at radius 2 is 0.326 bits per heavy atom. The average Bonchev–Trinajstić information content (AvgIpc) is 4.64. The highest BCUT2D eigenvalue weighted by Gasteiger charge is 2.04. The molecule has 0 fully saturated rings. The summed E-state index contributed by atoms with van der Waals surface area (Å²) in [6.45, 7) is 26.4. The van der Waals surface area contributed by atoms with Gasteiger partial charge in [0.25, 0.3) is 0 Å². The fourth-order valence-corrected chi connectivity index (χ4v) is 7.32. The molecule has 0 spiro atoms. The van der Waals surface area contributed by atoms with Crippen molar-refractivity contribution in [2.75, 3.05) is 0 Å². The zero-order valence-electron chi connectivity index (χ0n) is 57.7. The fourth-order valence-electron chi connectivity index (χ4n) is 7.32. The van der Waals surface area contributed by atoms with Crippen LogP contribution in [0.5, 0.6) is 0 Å². The first-order valence-corrected chi connectivity index (χ1v) is 30.8. The fraction of sp³-hybridized carbons (Fsp3) is 0.533. The summed E-state index contributed by atoms with van der Waals surface area (Å²) in [6, 6.07) is 16.4. The number of aromatic nitrogens is 16. The smallest absolute Gasteiger partial charge is 0.195 e. The summed E-state index contributed by atoms with van der Waals surface area (Å²) in [5.74, 6) is 3.67. The van der Waals surface area contributed by atoms with E-state index in [0.717, 1.165) is 76.2 Å². The van der Waals surface area contributed by atoms with E-state index >= 15 is 0 Å². The second-order valence-corrected chi connectivity index (χ2v) is 19.7. The van der Waals surface area contributed by atoms with E-state index in [2.05, 4.69) is 334 Å². The number of nitriles is 4. The highest BCUT2D eigenvalue weighted by Crippen LogP contribution is 1.85. The second kappa shape index (κ2) is 60.2. The molecule has 0 aliphatic heterocycles. The molecule has 8 heterocycles. The van der Waals surface area contributed by atoms with E-state index in [9.17, 15) is 0 Å². The Kier molecular flexibility index (Phi) is 58.9. The molecule has 0 saturated carbocycles. The van der Waals surface area contributed by atoms with Crippen LogP contribution in [-0.4, -0.2) is 65.9 Å². The van der Waals surface area contributed by atoms with Gasteiger partial charge in [0.2, 0.25) is 0 Å². The van der Waals surface area contributed by atoms with Crippen LogP contribution < -0.4 is 77.6 Å². The molecule has 8 aromatic heterocycles. The highest BCUT2D eigenvalue weighted by atomic mass is 16.4. The molecule has 8 rings (SSSR count). The SMILES string of the molecule is CCC[n+]1cccn1C.CCC[n+]1cccn1C.CCC[n+]1cccn1C.CCC[n+]1cccn1C.CCC[n+]1cccn1C.CCC[n+]1cccn1C.CCC[n+]1cccn1C.CCC[n+]1cccn1C.N#CB([O-])[O-].N#CB([O-])[O-].N#CB([O-])[O-].N#CB([O-])[O-]. The van der Waals surface area contributed by atoms with E-state index in [4.69, 9.17) is 61.2 Å². The van der Waals surface area contributed by atoms with Gasteiger partial charge >= 0.3 is 0 Å². The number of nitrogens with zero attached hydrogens (tertiary/aromatic N) is 20. The van der Waals surface area contributed by atoms with Crippen LogP contribution in [0.3, 0.4) is 0 Å². The Morgan fingerprint density at radius 3 is 0.370 bits per heavy atom. The van der Waals surface area contributed by atoms with Crippen LogP contribution in [0.15, 0.2) is 148 Å². The molecule has 0 radical (unpaired) electrons. The van der Waals surface area contributed by atoms with Crippen LogP contribution in [0.2, 0.25) is 0 Å². The van der Waals surface area contributed by atoms with Crippen LogP contribution >= 0.6 is 0 Å². The molecule has 92 heavy (non-hydrogen) atoms. The molecule has 8 aromatic rings. The topological polar surface area (TPSA) is 350 Å². The first-order valence-electron chi connectivity index (χ1n) is 30.8. The number of rotatable bonds is 16. The lowest BCUT2D eigenvalue weighted by Gasteiger charge is -2.12. The molecule has 0 N–H and O–H groups in total. The summed E-state index contributed by atoms with van der Waals surface area (Å²) >= 11 is 0. The molecule has 0 aliphatic rings. The molecule has 28 nitrogen and oxygen atoms in total. The number of aryl methyl sites for hydroxylation is 16. The summed E-state index contributed by atoms with van der Waals surface area (Å²) in [4.78, 5) is 0. The third kappa shape index (κ3) is 49.4. The lowest BCUT2D eigenvalue weighted by Crippen LogP contribution is -2.43. The van der Waals surface area contributed by atoms with Crippen molar-refractivity contribution in [1.29, 1.82) is 21.0 Å². The predicted octanol–water partition coefficient (Wildman–Crippen LogP) is -5.19. The molecule has 0 atom stereocenters. The van der Waals surface area contributed by atoms with Crippen molar-refractivity contribution in [3.05, 3.63) is 148 Å². The van der Waals surface area contributed by atoms with E-state index in [0.29, 0.717) is 0 Å². The molecule has 32 heteroatoms. The van der Waals surface area contributed by atoms with Gasteiger partial charge < -0.3 is 40.2 Å². The van der Waals surface area contributed by atoms with Gasteiger partial charge in [0.1, 0.15) is 0 Å². The molecule has 0 saturated heterocycles. The van der Waals surface area contributed by atoms with Gasteiger partial charge in [0.15, 0.2) is 102 Å². The summed E-state index contributed by atoms with van der Waals surface area (Å²) < 4.78 is 34.1. The van der Waals surface area contributed by atoms with E-state index in [1.54, 1.807) is 0 Å². The van der Waals surface area contributed by atoms with Crippen LogP contribution in [0.25, 0.3) is 0 Å². The van der Waals surface area contributed by atoms with Crippen molar-refractivity contribution in [2.45, 2.75) is 159 Å². The summed E-state index contributed by atoms with van der Waals surface area (Å²) in [7, 11) is 7.17. The van der Waals surface area contributed by atoms with Crippen molar-refractivity contribution in [3.8, 4) is 23.9 Å². The molecular formula is C60H104B4N20O8. The minimum absolute atomic E-state index is 0.917. The zero-order valence-corrected chi connectivity index (χ0v) is 57.7. The molecule has 0 bridgehead atoms. The van der Waals surface area contributed by atoms with Gasteiger partial charge in [-0.15, -0.1) is 37.5 Å². The maximum absolute atomic E-state index is 8.98. The minimum Gasteiger partial charge on any atom is -0.881 e. The van der Waals surface area contributed by atoms with Gasteiger partial charge in [0.05, 0.1) is 106 Å². The van der Waals surface area contributed by atoms with E-state index in [-0.39, 0.29) is 0 Å². The van der Waals surface area contributed by atoms with Gasteiger partial charge in [-0.25, -0.2) is 21.0 Å². The van der Waals surface area contributed by atoms with Crippen LogP contribution in [0, 0.1) is 44.9 Å². The average molecular weight is 1280 g/mol. The van der Waals surface area contributed by atoms with E-state index in [1.807, 2.05) is 0 Å². The number of hydrogen-bond acceptors (Lipinski definition) is 12. The molecule has 0 unspecified atom stereocenters. The Balaban J connectivity index is -0.000000463. The third-order valence-electron chi connectivity index (χ3n) is 11.8. The summed E-state index contributed by atoms with van der Waals surface area (Å²) in [5.41, 5.74) is 0. The normalized spacial score (nSPS) is 9.09. The minimum atomic E-state index is -2.31. The first kappa shape index (κ1) is 90.0. The van der Waals surface area contributed by atoms with Crippen molar-refractivity contribution in [2.24, 2.45) is 56.4 Å². The van der Waals surface area contributed by atoms with Crippen molar-refractivity contribution in [3.63, 3.8) is 0 Å². The Hall–Kier alpha value is -8.42. The maximum atomic E-state index is 8.98. The van der Waals surface area contributed by atoms with E-state index in [1.165, 1.54) is 51.4 Å². The van der Waals surface area contributed by atoms with Crippen molar-refractivity contribution >= 4 is 28.5 Å². The molecule has 0 aliphatic carbocycles. The predicted molar refractivity (Wildman–Crippen MR) is 333 cm³/mol. The Bertz CT molecular complexity index is 2540. The zero-order chi connectivity index (χ0) is 70.7. The molecule has 504 valence electrons. The molecular weight excluding hydrogens is 1170 g/mol. The van der Waals surface area contributed by atoms with Gasteiger partial charge in [0, 0.05) is 128 Å². The highest BCUT2D eigenvalue weighted by molar-refractivity contribution is 6.47. The molecule has 0 amide bonds. The lowest BCUT2D eigenvalue weighted by atomic mass is 9.97. The van der Waals surface area contributed by atoms with Crippen LogP contribution in [0.4, 0.5) is 0 Å². The van der Waals surface area contributed by atoms with Crippen LogP contribution in [-0.2, 0) is 109 Å². The molecule has 0 aromatic carbocycles. The van der Waals surface area contributed by atoms with Gasteiger partial charge in [-0.05, 0) is 23.9 Å². The number of hydrogen-bond donors (Lipinski definition) is 0.